The zero-order valence-electron chi connectivity index (χ0n) is 27.7. The van der Waals surface area contributed by atoms with E-state index < -0.39 is 5.60 Å². The van der Waals surface area contributed by atoms with E-state index in [1.54, 1.807) is 24.1 Å². The van der Waals surface area contributed by atoms with Crippen LogP contribution in [0.3, 0.4) is 0 Å². The number of aryl methyl sites for hydroxylation is 1. The molecule has 7 rings (SSSR count). The number of nitrogens with zero attached hydrogens (tertiary/aromatic N) is 5. The molecule has 6 aromatic rings. The first kappa shape index (κ1) is 31.0. The van der Waals surface area contributed by atoms with Crippen LogP contribution in [-0.2, 0) is 11.3 Å². The molecule has 11 heteroatoms. The summed E-state index contributed by atoms with van der Waals surface area (Å²) >= 11 is 0. The molecular formula is C37H38N6O5. The van der Waals surface area contributed by atoms with Crippen LogP contribution in [0.25, 0.3) is 44.0 Å². The van der Waals surface area contributed by atoms with Gasteiger partial charge in [0.15, 0.2) is 5.65 Å². The first-order valence-electron chi connectivity index (χ1n) is 16.0. The number of methoxy groups -OCH3 is 1. The monoisotopic (exact) mass is 646 g/mol. The molecule has 1 fully saturated rings. The van der Waals surface area contributed by atoms with E-state index in [1.165, 1.54) is 0 Å². The Kier molecular flexibility index (Phi) is 7.69. The molecule has 48 heavy (non-hydrogen) atoms. The van der Waals surface area contributed by atoms with Crippen molar-refractivity contribution in [3.05, 3.63) is 88.3 Å². The standard InChI is InChI=1S/C37H38N6O5/c1-22-30-31-28-15-10-25(41-16-18-42(19-17-41)36(46)48-37(2,3)4)20-29(28)38-35(45)32(31)33(24-8-13-27(47-5)14-9-24)39-34(30)43(40-22)21-23-6-11-26(44)12-7-23/h6-15,20,44H,16-19,21H2,1-5H3,(H,38,45). The number of carbonyl (C=O) groups excluding carboxylic acids is 1. The topological polar surface area (TPSA) is 126 Å². The normalized spacial score (nSPS) is 13.9. The number of aromatic nitrogens is 4. The largest absolute Gasteiger partial charge is 0.508 e. The quantitative estimate of drug-likeness (QED) is 0.212. The third kappa shape index (κ3) is 5.76. The fourth-order valence-corrected chi connectivity index (χ4v) is 6.42. The predicted molar refractivity (Wildman–Crippen MR) is 187 cm³/mol. The van der Waals surface area contributed by atoms with Gasteiger partial charge in [0.2, 0.25) is 0 Å². The number of aromatic amines is 1. The number of anilines is 1. The lowest BCUT2D eigenvalue weighted by atomic mass is 9.98. The van der Waals surface area contributed by atoms with Crippen LogP contribution < -0.4 is 15.2 Å². The van der Waals surface area contributed by atoms with Crippen molar-refractivity contribution in [2.75, 3.05) is 38.2 Å². The summed E-state index contributed by atoms with van der Waals surface area (Å²) in [5.74, 6) is 0.900. The molecule has 3 aromatic heterocycles. The first-order valence-corrected chi connectivity index (χ1v) is 16.0. The number of hydrogen-bond donors (Lipinski definition) is 2. The second kappa shape index (κ2) is 11.9. The number of amides is 1. The number of aromatic hydroxyl groups is 1. The average Bonchev–Trinajstić information content (AvgIpc) is 3.38. The average molecular weight is 647 g/mol. The Labute approximate surface area is 277 Å². The van der Waals surface area contributed by atoms with Crippen molar-refractivity contribution in [1.82, 2.24) is 24.6 Å². The Morgan fingerprint density at radius 3 is 2.31 bits per heavy atom. The Hall–Kier alpha value is -5.58. The van der Waals surface area contributed by atoms with Crippen LogP contribution in [0.1, 0.15) is 32.0 Å². The predicted octanol–water partition coefficient (Wildman–Crippen LogP) is 6.22. The van der Waals surface area contributed by atoms with Crippen molar-refractivity contribution in [1.29, 1.82) is 0 Å². The Balaban J connectivity index is 1.36. The van der Waals surface area contributed by atoms with Gasteiger partial charge in [-0.05, 0) is 81.8 Å². The van der Waals surface area contributed by atoms with Crippen molar-refractivity contribution in [3.63, 3.8) is 0 Å². The third-order valence-corrected chi connectivity index (χ3v) is 8.73. The molecule has 0 atom stereocenters. The van der Waals surface area contributed by atoms with E-state index in [-0.39, 0.29) is 17.4 Å². The SMILES string of the molecule is COc1ccc(-c2nc3c(c(C)nn3Cc3ccc(O)cc3)c3c2c(=O)[nH]c2cc(N4CCN(C(=O)OC(C)(C)C)CC4)ccc23)cc1. The number of piperazine rings is 1. The smallest absolute Gasteiger partial charge is 0.410 e. The number of phenols is 1. The maximum atomic E-state index is 14.1. The molecule has 2 N–H and O–H groups in total. The number of benzene rings is 3. The first-order chi connectivity index (χ1) is 23.0. The Bertz CT molecular complexity index is 2230. The molecule has 3 aromatic carbocycles. The summed E-state index contributed by atoms with van der Waals surface area (Å²) in [6.45, 7) is 10.3. The molecule has 4 heterocycles. The number of fused-ring (bicyclic) bond motifs is 5. The van der Waals surface area contributed by atoms with E-state index in [1.807, 2.05) is 74.8 Å². The van der Waals surface area contributed by atoms with Gasteiger partial charge in [0.1, 0.15) is 17.1 Å². The third-order valence-electron chi connectivity index (χ3n) is 8.73. The van der Waals surface area contributed by atoms with Gasteiger partial charge in [-0.3, -0.25) is 4.79 Å². The number of nitrogens with one attached hydrogen (secondary N) is 1. The highest BCUT2D eigenvalue weighted by Crippen LogP contribution is 2.37. The van der Waals surface area contributed by atoms with Gasteiger partial charge in [-0.2, -0.15) is 5.10 Å². The summed E-state index contributed by atoms with van der Waals surface area (Å²) in [5, 5.41) is 17.7. The molecule has 1 amide bonds. The van der Waals surface area contributed by atoms with Gasteiger partial charge in [-0.15, -0.1) is 0 Å². The van der Waals surface area contributed by atoms with Crippen molar-refractivity contribution in [2.45, 2.75) is 39.8 Å². The molecule has 0 unspecified atom stereocenters. The maximum absolute atomic E-state index is 14.1. The number of rotatable bonds is 5. The lowest BCUT2D eigenvalue weighted by molar-refractivity contribution is 0.0240. The summed E-state index contributed by atoms with van der Waals surface area (Å²) in [6, 6.07) is 20.7. The number of carbonyl (C=O) groups is 1. The van der Waals surface area contributed by atoms with E-state index >= 15 is 0 Å². The fourth-order valence-electron chi connectivity index (χ4n) is 6.42. The summed E-state index contributed by atoms with van der Waals surface area (Å²) in [7, 11) is 1.62. The van der Waals surface area contributed by atoms with Gasteiger partial charge in [0, 0.05) is 48.2 Å². The van der Waals surface area contributed by atoms with Gasteiger partial charge in [-0.1, -0.05) is 18.2 Å². The molecule has 246 valence electrons. The molecule has 1 saturated heterocycles. The molecule has 11 nitrogen and oxygen atoms in total. The van der Waals surface area contributed by atoms with Gasteiger partial charge >= 0.3 is 6.09 Å². The van der Waals surface area contributed by atoms with Crippen molar-refractivity contribution < 1.29 is 19.4 Å². The van der Waals surface area contributed by atoms with E-state index in [0.717, 1.165) is 38.7 Å². The zero-order valence-corrected chi connectivity index (χ0v) is 27.7. The number of hydrogen-bond acceptors (Lipinski definition) is 8. The Morgan fingerprint density at radius 1 is 0.938 bits per heavy atom. The molecule has 0 radical (unpaired) electrons. The van der Waals surface area contributed by atoms with E-state index in [9.17, 15) is 14.7 Å². The minimum atomic E-state index is -0.546. The van der Waals surface area contributed by atoms with Crippen LogP contribution >= 0.6 is 0 Å². The highest BCUT2D eigenvalue weighted by molar-refractivity contribution is 6.21. The van der Waals surface area contributed by atoms with E-state index in [2.05, 4.69) is 22.0 Å². The minimum absolute atomic E-state index is 0.196. The lowest BCUT2D eigenvalue weighted by Crippen LogP contribution is -2.50. The fraction of sp³-hybridized carbons (Fsp3) is 0.297. The van der Waals surface area contributed by atoms with Crippen LogP contribution in [0, 0.1) is 6.92 Å². The summed E-state index contributed by atoms with van der Waals surface area (Å²) < 4.78 is 12.8. The molecule has 0 saturated carbocycles. The zero-order chi connectivity index (χ0) is 33.7. The van der Waals surface area contributed by atoms with Crippen LogP contribution in [0.15, 0.2) is 71.5 Å². The van der Waals surface area contributed by atoms with Crippen LogP contribution in [0.5, 0.6) is 11.5 Å². The molecule has 0 spiro atoms. The second-order valence-corrected chi connectivity index (χ2v) is 13.2. The van der Waals surface area contributed by atoms with Gasteiger partial charge < -0.3 is 29.4 Å². The van der Waals surface area contributed by atoms with Gasteiger partial charge in [0.05, 0.1) is 41.3 Å². The lowest BCUT2D eigenvalue weighted by Gasteiger charge is -2.36. The maximum Gasteiger partial charge on any atom is 0.410 e. The highest BCUT2D eigenvalue weighted by Gasteiger charge is 2.27. The molecule has 1 aliphatic rings. The van der Waals surface area contributed by atoms with Crippen LogP contribution in [0.2, 0.25) is 0 Å². The van der Waals surface area contributed by atoms with Crippen LogP contribution in [-0.4, -0.2) is 74.7 Å². The van der Waals surface area contributed by atoms with Crippen molar-refractivity contribution in [3.8, 4) is 22.8 Å². The number of pyridine rings is 2. The molecular weight excluding hydrogens is 608 g/mol. The summed E-state index contributed by atoms with van der Waals surface area (Å²) in [5.41, 5.74) is 4.59. The molecule has 0 aliphatic carbocycles. The number of H-pyrrole nitrogens is 1. The summed E-state index contributed by atoms with van der Waals surface area (Å²) in [6.07, 6.45) is -0.303. The van der Waals surface area contributed by atoms with Crippen LogP contribution in [0.4, 0.5) is 10.5 Å². The van der Waals surface area contributed by atoms with Crippen molar-refractivity contribution in [2.24, 2.45) is 0 Å². The minimum Gasteiger partial charge on any atom is -0.508 e. The summed E-state index contributed by atoms with van der Waals surface area (Å²) in [4.78, 5) is 38.9. The van der Waals surface area contributed by atoms with E-state index in [4.69, 9.17) is 19.6 Å². The second-order valence-electron chi connectivity index (χ2n) is 13.2. The van der Waals surface area contributed by atoms with Gasteiger partial charge in [0.25, 0.3) is 5.56 Å². The molecule has 1 aliphatic heterocycles. The highest BCUT2D eigenvalue weighted by atomic mass is 16.6. The Morgan fingerprint density at radius 2 is 1.65 bits per heavy atom. The number of phenolic OH excluding ortho intramolecular Hbond substituents is 1. The van der Waals surface area contributed by atoms with Gasteiger partial charge in [-0.25, -0.2) is 14.5 Å². The number of ether oxygens (including phenoxy) is 2. The molecule has 0 bridgehead atoms. The van der Waals surface area contributed by atoms with Crippen molar-refractivity contribution >= 4 is 44.5 Å². The van der Waals surface area contributed by atoms with E-state index in [0.29, 0.717) is 60.7 Å².